The van der Waals surface area contributed by atoms with Crippen LogP contribution in [0.2, 0.25) is 0 Å². The van der Waals surface area contributed by atoms with Crippen LogP contribution < -0.4 is 0 Å². The number of unbranched alkanes of at least 4 members (excludes halogenated alkanes) is 14. The highest BCUT2D eigenvalue weighted by Gasteiger charge is 2.13. The van der Waals surface area contributed by atoms with Gasteiger partial charge in [-0.2, -0.15) is 0 Å². The van der Waals surface area contributed by atoms with Gasteiger partial charge in [-0.15, -0.1) is 0 Å². The minimum Gasteiger partial charge on any atom is -0.464 e. The van der Waals surface area contributed by atoms with Crippen LogP contribution >= 0.6 is 0 Å². The zero-order valence-corrected chi connectivity index (χ0v) is 19.1. The molecule has 0 N–H and O–H groups in total. The van der Waals surface area contributed by atoms with E-state index in [0.29, 0.717) is 13.0 Å². The van der Waals surface area contributed by atoms with Crippen molar-refractivity contribution < 1.29 is 14.3 Å². The lowest BCUT2D eigenvalue weighted by molar-refractivity contribution is -0.148. The number of hydrogen-bond donors (Lipinski definition) is 0. The van der Waals surface area contributed by atoms with Crippen LogP contribution in [0.4, 0.5) is 0 Å². The summed E-state index contributed by atoms with van der Waals surface area (Å²) < 4.78 is 5.26. The van der Waals surface area contributed by atoms with E-state index in [4.69, 9.17) is 4.74 Å². The van der Waals surface area contributed by atoms with Crippen LogP contribution in [0.1, 0.15) is 123 Å². The molecule has 4 nitrogen and oxygen atoms in total. The van der Waals surface area contributed by atoms with Crippen molar-refractivity contribution in [3.63, 3.8) is 0 Å². The number of amides is 1. The maximum Gasteiger partial charge on any atom is 0.325 e. The topological polar surface area (TPSA) is 46.6 Å². The lowest BCUT2D eigenvalue weighted by Gasteiger charge is -2.16. The monoisotopic (exact) mass is 397 g/mol. The minimum absolute atomic E-state index is 0.0337. The molecule has 1 amide bonds. The Bertz CT molecular complexity index is 371. The molecule has 0 saturated heterocycles. The number of likely N-dealkylation sites (N-methyl/N-ethyl adjacent to an activating group) is 1. The zero-order chi connectivity index (χ0) is 20.9. The third-order valence-corrected chi connectivity index (χ3v) is 5.30. The Labute approximate surface area is 174 Å². The van der Waals surface area contributed by atoms with E-state index in [0.717, 1.165) is 32.1 Å². The lowest BCUT2D eigenvalue weighted by Crippen LogP contribution is -2.33. The van der Waals surface area contributed by atoms with Crippen molar-refractivity contribution >= 4 is 11.9 Å². The first-order valence-corrected chi connectivity index (χ1v) is 12.0. The van der Waals surface area contributed by atoms with Gasteiger partial charge in [-0.3, -0.25) is 9.59 Å². The number of carbonyl (C=O) groups is 2. The molecule has 0 unspecified atom stereocenters. The average Bonchev–Trinajstić information content (AvgIpc) is 2.68. The molecule has 0 aliphatic heterocycles. The molecular weight excluding hydrogens is 350 g/mol. The highest BCUT2D eigenvalue weighted by molar-refractivity contribution is 5.81. The Balaban J connectivity index is 3.37. The average molecular weight is 398 g/mol. The summed E-state index contributed by atoms with van der Waals surface area (Å²) in [6.45, 7) is 4.93. The molecule has 0 bridgehead atoms. The van der Waals surface area contributed by atoms with E-state index in [1.165, 1.54) is 75.5 Å². The molecule has 28 heavy (non-hydrogen) atoms. The van der Waals surface area contributed by atoms with Crippen molar-refractivity contribution in [2.45, 2.75) is 123 Å². The van der Waals surface area contributed by atoms with Crippen LogP contribution in [0, 0.1) is 0 Å². The fraction of sp³-hybridized carbons (Fsp3) is 0.917. The van der Waals surface area contributed by atoms with E-state index >= 15 is 0 Å². The molecule has 0 aromatic heterocycles. The van der Waals surface area contributed by atoms with Crippen LogP contribution in [0.15, 0.2) is 0 Å². The van der Waals surface area contributed by atoms with Crippen molar-refractivity contribution in [2.24, 2.45) is 0 Å². The highest BCUT2D eigenvalue weighted by atomic mass is 16.5. The molecule has 0 spiro atoms. The molecular formula is C24H47NO3. The molecule has 0 aromatic rings. The number of ether oxygens (including phenoxy) is 1. The molecule has 0 heterocycles. The van der Waals surface area contributed by atoms with Gasteiger partial charge in [0.1, 0.15) is 6.54 Å². The highest BCUT2D eigenvalue weighted by Crippen LogP contribution is 2.12. The van der Waals surface area contributed by atoms with E-state index < -0.39 is 0 Å². The van der Waals surface area contributed by atoms with Crippen molar-refractivity contribution in [1.82, 2.24) is 4.90 Å². The number of nitrogens with zero attached hydrogens (tertiary/aromatic N) is 1. The van der Waals surface area contributed by atoms with Crippen LogP contribution in [0.3, 0.4) is 0 Å². The molecule has 0 saturated carbocycles. The second kappa shape index (κ2) is 20.7. The summed E-state index contributed by atoms with van der Waals surface area (Å²) in [6, 6.07) is 0. The van der Waals surface area contributed by atoms with E-state index in [2.05, 4.69) is 13.8 Å². The Morgan fingerprint density at radius 3 is 1.57 bits per heavy atom. The minimum atomic E-state index is -0.287. The van der Waals surface area contributed by atoms with Crippen LogP contribution in [-0.4, -0.2) is 37.0 Å². The smallest absolute Gasteiger partial charge is 0.325 e. The summed E-state index contributed by atoms with van der Waals surface area (Å²) in [7, 11) is 1.68. The SMILES string of the molecule is CCCCCCCCCCCCCCCOC(=O)CN(C)C(=O)CCCCC. The molecule has 0 rings (SSSR count). The standard InChI is InChI=1S/C24H47NO3/c1-4-6-8-9-10-11-12-13-14-15-16-17-19-21-28-24(27)22-25(3)23(26)20-18-7-5-2/h4-22H2,1-3H3. The first kappa shape index (κ1) is 26.9. The Kier molecular flexibility index (Phi) is 19.9. The normalized spacial score (nSPS) is 10.8. The molecule has 0 radical (unpaired) electrons. The molecule has 0 aliphatic rings. The van der Waals surface area contributed by atoms with E-state index in [-0.39, 0.29) is 18.4 Å². The summed E-state index contributed by atoms with van der Waals surface area (Å²) in [5.74, 6) is -0.253. The number of rotatable bonds is 20. The summed E-state index contributed by atoms with van der Waals surface area (Å²) in [5.41, 5.74) is 0. The van der Waals surface area contributed by atoms with Gasteiger partial charge in [0, 0.05) is 13.5 Å². The van der Waals surface area contributed by atoms with Crippen molar-refractivity contribution in [3.05, 3.63) is 0 Å². The van der Waals surface area contributed by atoms with Crippen LogP contribution in [0.5, 0.6) is 0 Å². The Hall–Kier alpha value is -1.06. The molecule has 0 aromatic carbocycles. The Morgan fingerprint density at radius 1 is 0.643 bits per heavy atom. The van der Waals surface area contributed by atoms with Gasteiger partial charge in [-0.1, -0.05) is 104 Å². The molecule has 0 aliphatic carbocycles. The quantitative estimate of drug-likeness (QED) is 0.170. The lowest BCUT2D eigenvalue weighted by atomic mass is 10.0. The van der Waals surface area contributed by atoms with Crippen molar-refractivity contribution in [1.29, 1.82) is 0 Å². The summed E-state index contributed by atoms with van der Waals surface area (Å²) in [5, 5.41) is 0. The van der Waals surface area contributed by atoms with Crippen molar-refractivity contribution in [2.75, 3.05) is 20.2 Å². The first-order valence-electron chi connectivity index (χ1n) is 12.0. The fourth-order valence-corrected chi connectivity index (χ4v) is 3.35. The van der Waals surface area contributed by atoms with Gasteiger partial charge in [-0.25, -0.2) is 0 Å². The number of esters is 1. The van der Waals surface area contributed by atoms with Gasteiger partial charge in [0.25, 0.3) is 0 Å². The van der Waals surface area contributed by atoms with E-state index in [1.54, 1.807) is 7.05 Å². The number of hydrogen-bond acceptors (Lipinski definition) is 3. The van der Waals surface area contributed by atoms with Crippen molar-refractivity contribution in [3.8, 4) is 0 Å². The third-order valence-electron chi connectivity index (χ3n) is 5.30. The number of carbonyl (C=O) groups excluding carboxylic acids is 2. The van der Waals surface area contributed by atoms with Crippen LogP contribution in [-0.2, 0) is 14.3 Å². The zero-order valence-electron chi connectivity index (χ0n) is 19.1. The largest absolute Gasteiger partial charge is 0.464 e. The van der Waals surface area contributed by atoms with Gasteiger partial charge in [0.15, 0.2) is 0 Å². The summed E-state index contributed by atoms with van der Waals surface area (Å²) in [6.07, 6.45) is 20.6. The van der Waals surface area contributed by atoms with Gasteiger partial charge in [-0.05, 0) is 12.8 Å². The van der Waals surface area contributed by atoms with Gasteiger partial charge in [0.2, 0.25) is 5.91 Å². The second-order valence-corrected chi connectivity index (χ2v) is 8.17. The molecule has 166 valence electrons. The molecule has 0 fully saturated rings. The molecule has 0 atom stereocenters. The predicted octanol–water partition coefficient (Wildman–Crippen LogP) is 6.66. The molecule has 4 heteroatoms. The fourth-order valence-electron chi connectivity index (χ4n) is 3.35. The predicted molar refractivity (Wildman–Crippen MR) is 118 cm³/mol. The second-order valence-electron chi connectivity index (χ2n) is 8.17. The maximum absolute atomic E-state index is 11.9. The van der Waals surface area contributed by atoms with Crippen LogP contribution in [0.25, 0.3) is 0 Å². The summed E-state index contributed by atoms with van der Waals surface area (Å²) in [4.78, 5) is 25.2. The van der Waals surface area contributed by atoms with E-state index in [1.807, 2.05) is 0 Å². The maximum atomic E-state index is 11.9. The summed E-state index contributed by atoms with van der Waals surface area (Å²) >= 11 is 0. The van der Waals surface area contributed by atoms with Gasteiger partial charge in [0.05, 0.1) is 6.61 Å². The first-order chi connectivity index (χ1) is 13.6. The third kappa shape index (κ3) is 18.3. The Morgan fingerprint density at radius 2 is 1.07 bits per heavy atom. The van der Waals surface area contributed by atoms with Gasteiger partial charge >= 0.3 is 5.97 Å². The van der Waals surface area contributed by atoms with Gasteiger partial charge < -0.3 is 9.64 Å². The van der Waals surface area contributed by atoms with E-state index in [9.17, 15) is 9.59 Å².